The number of nitriles is 1. The minimum Gasteiger partial charge on any atom is -0.195 e. The predicted octanol–water partition coefficient (Wildman–Crippen LogP) is 7.50. The van der Waals surface area contributed by atoms with Gasteiger partial charge in [-0.15, -0.1) is 0 Å². The van der Waals surface area contributed by atoms with Crippen LogP contribution in [-0.4, -0.2) is 0 Å². The molecule has 0 saturated heterocycles. The average molecular weight is 346 g/mol. The zero-order chi connectivity index (χ0) is 17.9. The highest BCUT2D eigenvalue weighted by molar-refractivity contribution is 5.18. The van der Waals surface area contributed by atoms with Crippen molar-refractivity contribution < 1.29 is 4.39 Å². The van der Waals surface area contributed by atoms with Crippen LogP contribution in [0.25, 0.3) is 0 Å². The SMILES string of the molecule is CC[C@H]1CC[C@H](CC[C@H]2CC[C@H](CCC=CC=C(F)C#N)CC2)CC1. The van der Waals surface area contributed by atoms with E-state index in [4.69, 9.17) is 5.26 Å². The standard InChI is InChI=1S/C23H36FN/c1-2-19-8-10-21(11-9-19)16-17-22-14-12-20(13-15-22)6-4-3-5-7-23(24)18-25/h3,5,7,19-22H,2,4,6,8-17H2,1H3/t19-,20-,21-,22-. The summed E-state index contributed by atoms with van der Waals surface area (Å²) in [5, 5.41) is 8.34. The van der Waals surface area contributed by atoms with Gasteiger partial charge < -0.3 is 0 Å². The molecule has 0 aliphatic heterocycles. The van der Waals surface area contributed by atoms with Crippen molar-refractivity contribution in [1.29, 1.82) is 5.26 Å². The van der Waals surface area contributed by atoms with Crippen LogP contribution in [-0.2, 0) is 0 Å². The van der Waals surface area contributed by atoms with Gasteiger partial charge in [0.15, 0.2) is 5.83 Å². The van der Waals surface area contributed by atoms with Crippen LogP contribution in [0.4, 0.5) is 4.39 Å². The Morgan fingerprint density at radius 1 is 0.880 bits per heavy atom. The number of allylic oxidation sites excluding steroid dienone is 4. The molecule has 0 spiro atoms. The van der Waals surface area contributed by atoms with E-state index in [9.17, 15) is 4.39 Å². The van der Waals surface area contributed by atoms with Crippen molar-refractivity contribution in [3.63, 3.8) is 0 Å². The Labute approximate surface area is 154 Å². The summed E-state index contributed by atoms with van der Waals surface area (Å²) < 4.78 is 12.6. The number of hydrogen-bond acceptors (Lipinski definition) is 1. The molecule has 0 unspecified atom stereocenters. The molecule has 0 aromatic rings. The zero-order valence-electron chi connectivity index (χ0n) is 16.1. The van der Waals surface area contributed by atoms with E-state index >= 15 is 0 Å². The summed E-state index contributed by atoms with van der Waals surface area (Å²) in [7, 11) is 0. The van der Waals surface area contributed by atoms with Crippen LogP contribution < -0.4 is 0 Å². The van der Waals surface area contributed by atoms with Gasteiger partial charge in [-0.3, -0.25) is 0 Å². The third-order valence-electron chi connectivity index (χ3n) is 6.72. The minimum absolute atomic E-state index is 0.708. The molecule has 25 heavy (non-hydrogen) atoms. The molecule has 2 aliphatic carbocycles. The summed E-state index contributed by atoms with van der Waals surface area (Å²) in [4.78, 5) is 0. The molecule has 1 nitrogen and oxygen atoms in total. The van der Waals surface area contributed by atoms with Gasteiger partial charge in [0, 0.05) is 0 Å². The maximum absolute atomic E-state index is 12.6. The lowest BCUT2D eigenvalue weighted by atomic mass is 9.74. The molecular formula is C23H36FN. The fraction of sp³-hybridized carbons (Fsp3) is 0.783. The van der Waals surface area contributed by atoms with Crippen LogP contribution in [0.1, 0.15) is 90.4 Å². The molecule has 0 amide bonds. The van der Waals surface area contributed by atoms with Gasteiger partial charge in [-0.2, -0.15) is 9.65 Å². The molecule has 0 aromatic heterocycles. The molecule has 0 aromatic carbocycles. The topological polar surface area (TPSA) is 23.8 Å². The second kappa shape index (κ2) is 11.5. The first-order valence-corrected chi connectivity index (χ1v) is 10.6. The summed E-state index contributed by atoms with van der Waals surface area (Å²) in [5.41, 5.74) is 0. The fourth-order valence-electron chi connectivity index (χ4n) is 4.83. The van der Waals surface area contributed by atoms with E-state index in [2.05, 4.69) is 6.92 Å². The maximum atomic E-state index is 12.6. The Bertz CT molecular complexity index is 457. The van der Waals surface area contributed by atoms with Gasteiger partial charge in [-0.05, 0) is 42.6 Å². The molecule has 2 fully saturated rings. The second-order valence-corrected chi connectivity index (χ2v) is 8.39. The Kier molecular flexibility index (Phi) is 9.30. The van der Waals surface area contributed by atoms with E-state index < -0.39 is 5.83 Å². The molecular weight excluding hydrogens is 309 g/mol. The van der Waals surface area contributed by atoms with Gasteiger partial charge >= 0.3 is 0 Å². The number of halogens is 1. The monoisotopic (exact) mass is 345 g/mol. The van der Waals surface area contributed by atoms with Crippen molar-refractivity contribution in [2.24, 2.45) is 23.7 Å². The quantitative estimate of drug-likeness (QED) is 0.330. The van der Waals surface area contributed by atoms with Crippen LogP contribution in [0.15, 0.2) is 24.1 Å². The van der Waals surface area contributed by atoms with Gasteiger partial charge in [-0.1, -0.05) is 89.7 Å². The van der Waals surface area contributed by atoms with E-state index in [-0.39, 0.29) is 0 Å². The first-order valence-electron chi connectivity index (χ1n) is 10.6. The highest BCUT2D eigenvalue weighted by Crippen LogP contribution is 2.38. The van der Waals surface area contributed by atoms with Gasteiger partial charge in [-0.25, -0.2) is 0 Å². The lowest BCUT2D eigenvalue weighted by molar-refractivity contribution is 0.212. The van der Waals surface area contributed by atoms with Crippen LogP contribution in [0, 0.1) is 35.0 Å². The van der Waals surface area contributed by atoms with Gasteiger partial charge in [0.2, 0.25) is 0 Å². The molecule has 0 heterocycles. The first-order chi connectivity index (χ1) is 12.2. The molecule has 0 bridgehead atoms. The third-order valence-corrected chi connectivity index (χ3v) is 6.72. The van der Waals surface area contributed by atoms with E-state index in [1.807, 2.05) is 6.08 Å². The highest BCUT2D eigenvalue weighted by atomic mass is 19.1. The van der Waals surface area contributed by atoms with Crippen LogP contribution in [0.5, 0.6) is 0 Å². The van der Waals surface area contributed by atoms with E-state index in [0.717, 1.165) is 30.1 Å². The maximum Gasteiger partial charge on any atom is 0.199 e. The average Bonchev–Trinajstić information content (AvgIpc) is 2.67. The van der Waals surface area contributed by atoms with Crippen molar-refractivity contribution in [3.8, 4) is 6.07 Å². The van der Waals surface area contributed by atoms with Gasteiger partial charge in [0.25, 0.3) is 0 Å². The Morgan fingerprint density at radius 2 is 1.36 bits per heavy atom. The van der Waals surface area contributed by atoms with Crippen molar-refractivity contribution in [1.82, 2.24) is 0 Å². The summed E-state index contributed by atoms with van der Waals surface area (Å²) in [6, 6.07) is 1.49. The normalized spacial score (nSPS) is 31.2. The predicted molar refractivity (Wildman–Crippen MR) is 104 cm³/mol. The number of nitrogens with zero attached hydrogens (tertiary/aromatic N) is 1. The van der Waals surface area contributed by atoms with Crippen molar-refractivity contribution in [3.05, 3.63) is 24.1 Å². The van der Waals surface area contributed by atoms with Crippen molar-refractivity contribution in [2.45, 2.75) is 90.4 Å². The summed E-state index contributed by atoms with van der Waals surface area (Å²) in [5.74, 6) is 3.16. The van der Waals surface area contributed by atoms with Gasteiger partial charge in [0.05, 0.1) is 0 Å². The van der Waals surface area contributed by atoms with Crippen LogP contribution in [0.2, 0.25) is 0 Å². The minimum atomic E-state index is -0.708. The van der Waals surface area contributed by atoms with E-state index in [0.29, 0.717) is 0 Å². The summed E-state index contributed by atoms with van der Waals surface area (Å²) in [6.07, 6.45) is 23.0. The van der Waals surface area contributed by atoms with Crippen molar-refractivity contribution >= 4 is 0 Å². The molecule has 0 atom stereocenters. The van der Waals surface area contributed by atoms with Crippen molar-refractivity contribution in [2.75, 3.05) is 0 Å². The Morgan fingerprint density at radius 3 is 1.84 bits per heavy atom. The lowest BCUT2D eigenvalue weighted by Crippen LogP contribution is -2.18. The smallest absolute Gasteiger partial charge is 0.195 e. The molecule has 2 aliphatic rings. The Hall–Kier alpha value is -1.10. The number of hydrogen-bond donors (Lipinski definition) is 0. The molecule has 0 N–H and O–H groups in total. The van der Waals surface area contributed by atoms with E-state index in [1.54, 1.807) is 6.08 Å². The molecule has 0 radical (unpaired) electrons. The van der Waals surface area contributed by atoms with Crippen LogP contribution >= 0.6 is 0 Å². The third kappa shape index (κ3) is 7.76. The first kappa shape index (κ1) is 20.2. The molecule has 140 valence electrons. The zero-order valence-corrected chi connectivity index (χ0v) is 16.1. The fourth-order valence-corrected chi connectivity index (χ4v) is 4.83. The molecule has 2 saturated carbocycles. The highest BCUT2D eigenvalue weighted by Gasteiger charge is 2.24. The second-order valence-electron chi connectivity index (χ2n) is 8.39. The van der Waals surface area contributed by atoms with E-state index in [1.165, 1.54) is 89.2 Å². The Balaban J connectivity index is 1.54. The summed E-state index contributed by atoms with van der Waals surface area (Å²) >= 11 is 0. The largest absolute Gasteiger partial charge is 0.199 e. The van der Waals surface area contributed by atoms with Gasteiger partial charge in [0.1, 0.15) is 6.07 Å². The summed E-state index contributed by atoms with van der Waals surface area (Å²) in [6.45, 7) is 2.35. The molecule has 2 rings (SSSR count). The van der Waals surface area contributed by atoms with Crippen LogP contribution in [0.3, 0.4) is 0 Å². The number of rotatable bonds is 8. The molecule has 2 heteroatoms. The lowest BCUT2D eigenvalue weighted by Gasteiger charge is -2.31.